The van der Waals surface area contributed by atoms with Crippen molar-refractivity contribution in [2.45, 2.75) is 6.54 Å². The molecule has 0 aliphatic carbocycles. The molecule has 0 fully saturated rings. The van der Waals surface area contributed by atoms with Gasteiger partial charge in [-0.3, -0.25) is 0 Å². The van der Waals surface area contributed by atoms with E-state index in [2.05, 4.69) is 21.2 Å². The number of benzene rings is 1. The van der Waals surface area contributed by atoms with Gasteiger partial charge in [0.1, 0.15) is 5.76 Å². The maximum absolute atomic E-state index is 6.00. The fourth-order valence-corrected chi connectivity index (χ4v) is 1.78. The van der Waals surface area contributed by atoms with Crippen LogP contribution >= 0.6 is 27.5 Å². The average molecular weight is 287 g/mol. The number of para-hydroxylation sites is 1. The molecule has 0 bridgehead atoms. The van der Waals surface area contributed by atoms with E-state index in [0.29, 0.717) is 11.6 Å². The predicted octanol–water partition coefficient (Wildman–Crippen LogP) is 4.31. The van der Waals surface area contributed by atoms with Crippen LogP contribution in [-0.2, 0) is 6.54 Å². The lowest BCUT2D eigenvalue weighted by Crippen LogP contribution is -1.98. The first kappa shape index (κ1) is 10.6. The predicted molar refractivity (Wildman–Crippen MR) is 65.2 cm³/mol. The molecule has 15 heavy (non-hydrogen) atoms. The van der Waals surface area contributed by atoms with E-state index in [9.17, 15) is 0 Å². The third-order valence-corrected chi connectivity index (χ3v) is 3.04. The SMILES string of the molecule is Clc1ccccc1NCc1occc1Br. The molecule has 0 saturated heterocycles. The molecule has 1 aromatic heterocycles. The molecule has 2 aromatic rings. The summed E-state index contributed by atoms with van der Waals surface area (Å²) in [5.41, 5.74) is 0.905. The number of halogens is 2. The molecule has 4 heteroatoms. The van der Waals surface area contributed by atoms with Gasteiger partial charge in [-0.15, -0.1) is 0 Å². The third kappa shape index (κ3) is 2.55. The van der Waals surface area contributed by atoms with Crippen LogP contribution < -0.4 is 5.32 Å². The normalized spacial score (nSPS) is 10.3. The fraction of sp³-hybridized carbons (Fsp3) is 0.0909. The molecule has 1 aromatic carbocycles. The van der Waals surface area contributed by atoms with Crippen LogP contribution in [-0.4, -0.2) is 0 Å². The summed E-state index contributed by atoms with van der Waals surface area (Å²) in [6.07, 6.45) is 1.65. The van der Waals surface area contributed by atoms with E-state index in [4.69, 9.17) is 16.0 Å². The van der Waals surface area contributed by atoms with Gasteiger partial charge in [0.15, 0.2) is 0 Å². The van der Waals surface area contributed by atoms with E-state index in [1.165, 1.54) is 0 Å². The minimum absolute atomic E-state index is 0.608. The van der Waals surface area contributed by atoms with E-state index < -0.39 is 0 Å². The second kappa shape index (κ2) is 4.73. The zero-order valence-electron chi connectivity index (χ0n) is 7.84. The van der Waals surface area contributed by atoms with Gasteiger partial charge in [-0.1, -0.05) is 23.7 Å². The molecule has 0 radical (unpaired) electrons. The van der Waals surface area contributed by atoms with E-state index in [0.717, 1.165) is 15.9 Å². The second-order valence-corrected chi connectivity index (χ2v) is 4.29. The van der Waals surface area contributed by atoms with Crippen molar-refractivity contribution in [1.82, 2.24) is 0 Å². The van der Waals surface area contributed by atoms with Crippen molar-refractivity contribution in [1.29, 1.82) is 0 Å². The highest BCUT2D eigenvalue weighted by Crippen LogP contribution is 2.23. The van der Waals surface area contributed by atoms with Gasteiger partial charge in [-0.25, -0.2) is 0 Å². The smallest absolute Gasteiger partial charge is 0.136 e. The number of anilines is 1. The van der Waals surface area contributed by atoms with Crippen LogP contribution in [0.15, 0.2) is 45.5 Å². The maximum Gasteiger partial charge on any atom is 0.136 e. The first-order valence-corrected chi connectivity index (χ1v) is 5.65. The van der Waals surface area contributed by atoms with Crippen molar-refractivity contribution in [3.8, 4) is 0 Å². The molecule has 0 aliphatic rings. The number of hydrogen-bond acceptors (Lipinski definition) is 2. The molecule has 78 valence electrons. The molecule has 2 rings (SSSR count). The summed E-state index contributed by atoms with van der Waals surface area (Å²) in [6, 6.07) is 9.48. The van der Waals surface area contributed by atoms with Gasteiger partial charge in [-0.2, -0.15) is 0 Å². The molecule has 0 amide bonds. The van der Waals surface area contributed by atoms with Crippen LogP contribution in [0, 0.1) is 0 Å². The van der Waals surface area contributed by atoms with Crippen molar-refractivity contribution in [2.24, 2.45) is 0 Å². The molecule has 0 aliphatic heterocycles. The lowest BCUT2D eigenvalue weighted by Gasteiger charge is -2.06. The molecule has 2 nitrogen and oxygen atoms in total. The van der Waals surface area contributed by atoms with E-state index in [1.807, 2.05) is 30.3 Å². The van der Waals surface area contributed by atoms with Crippen molar-refractivity contribution < 1.29 is 4.42 Å². The summed E-state index contributed by atoms with van der Waals surface area (Å²) in [7, 11) is 0. The Morgan fingerprint density at radius 3 is 2.73 bits per heavy atom. The van der Waals surface area contributed by atoms with E-state index >= 15 is 0 Å². The van der Waals surface area contributed by atoms with Crippen molar-refractivity contribution >= 4 is 33.2 Å². The largest absolute Gasteiger partial charge is 0.466 e. The van der Waals surface area contributed by atoms with Crippen LogP contribution in [0.5, 0.6) is 0 Å². The number of rotatable bonds is 3. The van der Waals surface area contributed by atoms with E-state index in [-0.39, 0.29) is 0 Å². The molecule has 1 N–H and O–H groups in total. The Hall–Kier alpha value is -0.930. The minimum Gasteiger partial charge on any atom is -0.466 e. The zero-order chi connectivity index (χ0) is 10.7. The van der Waals surface area contributed by atoms with Gasteiger partial charge in [0.2, 0.25) is 0 Å². The summed E-state index contributed by atoms with van der Waals surface area (Å²) < 4.78 is 6.23. The van der Waals surface area contributed by atoms with Crippen LogP contribution in [0.25, 0.3) is 0 Å². The van der Waals surface area contributed by atoms with Gasteiger partial charge < -0.3 is 9.73 Å². The van der Waals surface area contributed by atoms with Crippen LogP contribution in [0.2, 0.25) is 5.02 Å². The highest BCUT2D eigenvalue weighted by atomic mass is 79.9. The summed E-state index contributed by atoms with van der Waals surface area (Å²) >= 11 is 9.39. The van der Waals surface area contributed by atoms with Crippen LogP contribution in [0.1, 0.15) is 5.76 Å². The molecular formula is C11H9BrClNO. The topological polar surface area (TPSA) is 25.2 Å². The number of hydrogen-bond donors (Lipinski definition) is 1. The van der Waals surface area contributed by atoms with Gasteiger partial charge in [0.05, 0.1) is 28.0 Å². The molecule has 0 atom stereocenters. The lowest BCUT2D eigenvalue weighted by molar-refractivity contribution is 0.516. The van der Waals surface area contributed by atoms with Crippen molar-refractivity contribution in [2.75, 3.05) is 5.32 Å². The Morgan fingerprint density at radius 1 is 1.27 bits per heavy atom. The fourth-order valence-electron chi connectivity index (χ4n) is 1.23. The Balaban J connectivity index is 2.06. The second-order valence-electron chi connectivity index (χ2n) is 3.03. The first-order valence-electron chi connectivity index (χ1n) is 4.47. The van der Waals surface area contributed by atoms with Gasteiger partial charge in [0.25, 0.3) is 0 Å². The molecular weight excluding hydrogens is 277 g/mol. The average Bonchev–Trinajstić information content (AvgIpc) is 2.63. The van der Waals surface area contributed by atoms with Gasteiger partial charge in [0, 0.05) is 0 Å². The van der Waals surface area contributed by atoms with Crippen molar-refractivity contribution in [3.63, 3.8) is 0 Å². The maximum atomic E-state index is 6.00. The summed E-state index contributed by atoms with van der Waals surface area (Å²) in [4.78, 5) is 0. The summed E-state index contributed by atoms with van der Waals surface area (Å²) in [5, 5.41) is 3.91. The van der Waals surface area contributed by atoms with Crippen molar-refractivity contribution in [3.05, 3.63) is 51.9 Å². The highest BCUT2D eigenvalue weighted by Gasteiger charge is 2.04. The Bertz CT molecular complexity index is 455. The van der Waals surface area contributed by atoms with Gasteiger partial charge in [-0.05, 0) is 34.1 Å². The number of furan rings is 1. The Morgan fingerprint density at radius 2 is 2.07 bits per heavy atom. The Labute approximate surface area is 101 Å². The van der Waals surface area contributed by atoms with Gasteiger partial charge >= 0.3 is 0 Å². The summed E-state index contributed by atoms with van der Waals surface area (Å²) in [6.45, 7) is 0.608. The summed E-state index contributed by atoms with van der Waals surface area (Å²) in [5.74, 6) is 0.856. The molecule has 0 saturated carbocycles. The quantitative estimate of drug-likeness (QED) is 0.909. The third-order valence-electron chi connectivity index (χ3n) is 2.00. The highest BCUT2D eigenvalue weighted by molar-refractivity contribution is 9.10. The standard InChI is InChI=1S/C11H9BrClNO/c12-8-5-6-15-11(8)7-14-10-4-2-1-3-9(10)13/h1-6,14H,7H2. The minimum atomic E-state index is 0.608. The number of nitrogens with one attached hydrogen (secondary N) is 1. The molecule has 0 unspecified atom stereocenters. The molecule has 1 heterocycles. The zero-order valence-corrected chi connectivity index (χ0v) is 10.2. The lowest BCUT2D eigenvalue weighted by atomic mass is 10.3. The van der Waals surface area contributed by atoms with Crippen LogP contribution in [0.4, 0.5) is 5.69 Å². The monoisotopic (exact) mass is 285 g/mol. The van der Waals surface area contributed by atoms with E-state index in [1.54, 1.807) is 6.26 Å². The Kier molecular flexibility index (Phi) is 3.34. The van der Waals surface area contributed by atoms with Crippen LogP contribution in [0.3, 0.4) is 0 Å². The first-order chi connectivity index (χ1) is 7.27. The molecule has 0 spiro atoms.